The normalized spacial score (nSPS) is 16.3. The number of rotatable bonds is 3. The number of hydrogen-bond donors (Lipinski definition) is 1. The molecule has 2 rings (SSSR count). The Hall–Kier alpha value is -1.59. The molecule has 2 N–H and O–H groups in total. The topological polar surface area (TPSA) is 83.0 Å². The van der Waals surface area contributed by atoms with Crippen LogP contribution in [-0.4, -0.2) is 26.8 Å². The molecule has 76 valence electrons. The first-order valence-electron chi connectivity index (χ1n) is 4.58. The zero-order chi connectivity index (χ0) is 9.97. The van der Waals surface area contributed by atoms with Crippen LogP contribution in [0.1, 0.15) is 19.3 Å². The molecule has 0 saturated heterocycles. The number of nitrogens with zero attached hydrogens (tertiary/aromatic N) is 3. The Kier molecular flexibility index (Phi) is 2.34. The summed E-state index contributed by atoms with van der Waals surface area (Å²) in [4.78, 5) is 15.0. The van der Waals surface area contributed by atoms with Crippen LogP contribution in [0.3, 0.4) is 0 Å². The summed E-state index contributed by atoms with van der Waals surface area (Å²) in [6, 6.07) is 0. The van der Waals surface area contributed by atoms with Crippen molar-refractivity contribution in [1.82, 2.24) is 14.8 Å². The lowest BCUT2D eigenvalue weighted by atomic mass is 9.96. The van der Waals surface area contributed by atoms with Crippen LogP contribution in [-0.2, 0) is 16.1 Å². The van der Waals surface area contributed by atoms with Crippen molar-refractivity contribution in [3.8, 4) is 0 Å². The highest BCUT2D eigenvalue weighted by molar-refractivity contribution is 5.69. The van der Waals surface area contributed by atoms with Gasteiger partial charge in [-0.25, -0.2) is 9.67 Å². The summed E-state index contributed by atoms with van der Waals surface area (Å²) in [5.41, 5.74) is 5.30. The molecule has 0 spiro atoms. The Morgan fingerprint density at radius 2 is 2.50 bits per heavy atom. The number of ether oxygens (including phenoxy) is 1. The van der Waals surface area contributed by atoms with Crippen LogP contribution in [0.15, 0.2) is 6.33 Å². The third kappa shape index (κ3) is 2.01. The number of esters is 1. The van der Waals surface area contributed by atoms with Gasteiger partial charge in [-0.1, -0.05) is 0 Å². The van der Waals surface area contributed by atoms with E-state index >= 15 is 0 Å². The summed E-state index contributed by atoms with van der Waals surface area (Å²) < 4.78 is 6.50. The molecule has 0 aromatic carbocycles. The molecule has 1 aliphatic carbocycles. The van der Waals surface area contributed by atoms with Gasteiger partial charge in [-0.2, -0.15) is 0 Å². The molecule has 6 heteroatoms. The van der Waals surface area contributed by atoms with Crippen molar-refractivity contribution in [2.45, 2.75) is 31.9 Å². The molecule has 0 unspecified atom stereocenters. The number of nitrogens with two attached hydrogens (primary N) is 1. The lowest BCUT2D eigenvalue weighted by molar-refractivity contribution is -0.153. The van der Waals surface area contributed by atoms with Gasteiger partial charge in [0.25, 0.3) is 0 Å². The second-order valence-corrected chi connectivity index (χ2v) is 3.34. The predicted octanol–water partition coefficient (Wildman–Crippen LogP) is -0.0440. The number of hydrogen-bond acceptors (Lipinski definition) is 5. The van der Waals surface area contributed by atoms with E-state index in [1.165, 1.54) is 11.0 Å². The Morgan fingerprint density at radius 3 is 3.00 bits per heavy atom. The number of carbonyl (C=O) groups is 1. The van der Waals surface area contributed by atoms with E-state index in [0.717, 1.165) is 19.3 Å². The summed E-state index contributed by atoms with van der Waals surface area (Å²) in [7, 11) is 0. The van der Waals surface area contributed by atoms with Crippen LogP contribution in [0, 0.1) is 0 Å². The average Bonchev–Trinajstić information content (AvgIpc) is 2.44. The molecule has 0 radical (unpaired) electrons. The van der Waals surface area contributed by atoms with Crippen LogP contribution in [0.4, 0.5) is 5.95 Å². The van der Waals surface area contributed by atoms with Crippen molar-refractivity contribution < 1.29 is 9.53 Å². The van der Waals surface area contributed by atoms with Crippen molar-refractivity contribution in [3.63, 3.8) is 0 Å². The highest BCUT2D eigenvalue weighted by Crippen LogP contribution is 2.21. The summed E-state index contributed by atoms with van der Waals surface area (Å²) in [5.74, 6) is -0.110. The van der Waals surface area contributed by atoms with Gasteiger partial charge in [-0.05, 0) is 19.3 Å². The van der Waals surface area contributed by atoms with Crippen molar-refractivity contribution in [2.24, 2.45) is 0 Å². The largest absolute Gasteiger partial charge is 0.461 e. The molecule has 0 atom stereocenters. The molecule has 1 saturated carbocycles. The van der Waals surface area contributed by atoms with E-state index in [9.17, 15) is 4.79 Å². The Labute approximate surface area is 81.1 Å². The average molecular weight is 196 g/mol. The van der Waals surface area contributed by atoms with E-state index < -0.39 is 0 Å². The molecule has 1 aliphatic rings. The first-order valence-corrected chi connectivity index (χ1v) is 4.58. The second-order valence-electron chi connectivity index (χ2n) is 3.34. The second kappa shape index (κ2) is 3.65. The summed E-state index contributed by atoms with van der Waals surface area (Å²) in [6.07, 6.45) is 4.63. The first-order chi connectivity index (χ1) is 6.74. The fraction of sp³-hybridized carbons (Fsp3) is 0.625. The minimum atomic E-state index is -0.278. The molecule has 14 heavy (non-hydrogen) atoms. The van der Waals surface area contributed by atoms with Crippen molar-refractivity contribution in [1.29, 1.82) is 0 Å². The fourth-order valence-corrected chi connectivity index (χ4v) is 1.23. The van der Waals surface area contributed by atoms with Gasteiger partial charge < -0.3 is 10.5 Å². The van der Waals surface area contributed by atoms with E-state index in [1.54, 1.807) is 0 Å². The minimum Gasteiger partial charge on any atom is -0.461 e. The van der Waals surface area contributed by atoms with Gasteiger partial charge in [0.15, 0.2) is 0 Å². The summed E-state index contributed by atoms with van der Waals surface area (Å²) >= 11 is 0. The van der Waals surface area contributed by atoms with Gasteiger partial charge in [-0.3, -0.25) is 4.79 Å². The van der Waals surface area contributed by atoms with Crippen LogP contribution in [0.5, 0.6) is 0 Å². The zero-order valence-electron chi connectivity index (χ0n) is 7.72. The third-order valence-electron chi connectivity index (χ3n) is 2.20. The predicted molar refractivity (Wildman–Crippen MR) is 48.2 cm³/mol. The van der Waals surface area contributed by atoms with Crippen LogP contribution in [0.2, 0.25) is 0 Å². The molecule has 1 aromatic rings. The maximum absolute atomic E-state index is 11.3. The molecule has 0 amide bonds. The van der Waals surface area contributed by atoms with E-state index in [0.29, 0.717) is 0 Å². The van der Waals surface area contributed by atoms with Gasteiger partial charge in [-0.15, -0.1) is 5.10 Å². The Balaban J connectivity index is 1.81. The number of anilines is 1. The SMILES string of the molecule is Nc1ncn(CC(=O)OC2CCC2)n1. The lowest BCUT2D eigenvalue weighted by Gasteiger charge is -2.24. The van der Waals surface area contributed by atoms with Crippen molar-refractivity contribution >= 4 is 11.9 Å². The quantitative estimate of drug-likeness (QED) is 0.685. The lowest BCUT2D eigenvalue weighted by Crippen LogP contribution is -2.27. The molecule has 1 fully saturated rings. The van der Waals surface area contributed by atoms with Crippen LogP contribution in [0.25, 0.3) is 0 Å². The van der Waals surface area contributed by atoms with Gasteiger partial charge in [0, 0.05) is 0 Å². The fourth-order valence-electron chi connectivity index (χ4n) is 1.23. The van der Waals surface area contributed by atoms with E-state index in [4.69, 9.17) is 10.5 Å². The van der Waals surface area contributed by atoms with E-state index in [1.807, 2.05) is 0 Å². The maximum atomic E-state index is 11.3. The first kappa shape index (κ1) is 8.98. The monoisotopic (exact) mass is 196 g/mol. The molecule has 0 bridgehead atoms. The highest BCUT2D eigenvalue weighted by Gasteiger charge is 2.21. The number of aromatic nitrogens is 3. The minimum absolute atomic E-state index is 0.0840. The maximum Gasteiger partial charge on any atom is 0.328 e. The van der Waals surface area contributed by atoms with Gasteiger partial charge >= 0.3 is 5.97 Å². The van der Waals surface area contributed by atoms with Crippen molar-refractivity contribution in [2.75, 3.05) is 5.73 Å². The molecule has 1 aromatic heterocycles. The van der Waals surface area contributed by atoms with Crippen LogP contribution >= 0.6 is 0 Å². The highest BCUT2D eigenvalue weighted by atomic mass is 16.5. The van der Waals surface area contributed by atoms with E-state index in [2.05, 4.69) is 10.1 Å². The molecular formula is C8H12N4O2. The van der Waals surface area contributed by atoms with Gasteiger partial charge in [0.2, 0.25) is 5.95 Å². The van der Waals surface area contributed by atoms with Crippen LogP contribution < -0.4 is 5.73 Å². The zero-order valence-corrected chi connectivity index (χ0v) is 7.72. The Morgan fingerprint density at radius 1 is 1.71 bits per heavy atom. The molecule has 0 aliphatic heterocycles. The van der Waals surface area contributed by atoms with Gasteiger partial charge in [0.05, 0.1) is 0 Å². The third-order valence-corrected chi connectivity index (χ3v) is 2.20. The van der Waals surface area contributed by atoms with Crippen molar-refractivity contribution in [3.05, 3.63) is 6.33 Å². The van der Waals surface area contributed by atoms with E-state index in [-0.39, 0.29) is 24.6 Å². The number of carbonyl (C=O) groups excluding carboxylic acids is 1. The summed E-state index contributed by atoms with van der Waals surface area (Å²) in [5, 5.41) is 3.78. The standard InChI is InChI=1S/C8H12N4O2/c9-8-10-5-12(11-8)4-7(13)14-6-2-1-3-6/h5-6H,1-4H2,(H2,9,11). The molecular weight excluding hydrogens is 184 g/mol. The molecule has 1 heterocycles. The Bertz CT molecular complexity index is 332. The number of nitrogen functional groups attached to an aromatic ring is 1. The van der Waals surface area contributed by atoms with Gasteiger partial charge in [0.1, 0.15) is 19.0 Å². The smallest absolute Gasteiger partial charge is 0.328 e. The summed E-state index contributed by atoms with van der Waals surface area (Å²) in [6.45, 7) is 0.0840. The molecule has 6 nitrogen and oxygen atoms in total.